The third kappa shape index (κ3) is 2.10. The van der Waals surface area contributed by atoms with Crippen LogP contribution in [0, 0.1) is 0 Å². The van der Waals surface area contributed by atoms with Crippen molar-refractivity contribution in [2.45, 2.75) is 6.42 Å². The van der Waals surface area contributed by atoms with E-state index in [0.717, 1.165) is 24.2 Å². The van der Waals surface area contributed by atoms with Crippen LogP contribution in [0.15, 0.2) is 24.7 Å². The fourth-order valence-corrected chi connectivity index (χ4v) is 1.69. The lowest BCUT2D eigenvalue weighted by molar-refractivity contribution is 0.765. The molecule has 2 N–H and O–H groups in total. The van der Waals surface area contributed by atoms with E-state index in [1.165, 1.54) is 5.56 Å². The summed E-state index contributed by atoms with van der Waals surface area (Å²) in [5.41, 5.74) is 3.52. The van der Waals surface area contributed by atoms with Crippen LogP contribution in [0.4, 0.5) is 0 Å². The van der Waals surface area contributed by atoms with E-state index in [9.17, 15) is 0 Å². The minimum absolute atomic E-state index is 0.975. The average Bonchev–Trinajstić information content (AvgIpc) is 2.83. The van der Waals surface area contributed by atoms with Crippen LogP contribution in [-0.4, -0.2) is 28.4 Å². The van der Waals surface area contributed by atoms with E-state index in [2.05, 4.69) is 21.6 Å². The third-order valence-corrected chi connectivity index (χ3v) is 2.42. The van der Waals surface area contributed by atoms with E-state index in [1.54, 1.807) is 0 Å². The Morgan fingerprint density at radius 2 is 2.40 bits per heavy atom. The van der Waals surface area contributed by atoms with Gasteiger partial charge in [0.1, 0.15) is 0 Å². The van der Waals surface area contributed by atoms with E-state index in [4.69, 9.17) is 0 Å². The van der Waals surface area contributed by atoms with Gasteiger partial charge in [-0.3, -0.25) is 4.68 Å². The Morgan fingerprint density at radius 1 is 1.53 bits per heavy atom. The SMILES string of the molecule is CNCCc1cn(C)nc1-c1cc[nH]c1. The summed E-state index contributed by atoms with van der Waals surface area (Å²) in [6, 6.07) is 2.05. The Morgan fingerprint density at radius 3 is 3.07 bits per heavy atom. The number of H-pyrrole nitrogens is 1. The highest BCUT2D eigenvalue weighted by Crippen LogP contribution is 2.21. The molecule has 0 bridgehead atoms. The molecule has 0 spiro atoms. The quantitative estimate of drug-likeness (QED) is 0.785. The number of nitrogens with zero attached hydrogens (tertiary/aromatic N) is 2. The molecule has 0 saturated heterocycles. The predicted octanol–water partition coefficient (Wildman–Crippen LogP) is 1.18. The van der Waals surface area contributed by atoms with Gasteiger partial charge in [-0.15, -0.1) is 0 Å². The maximum Gasteiger partial charge on any atom is 0.0970 e. The van der Waals surface area contributed by atoms with Crippen LogP contribution < -0.4 is 5.32 Å². The van der Waals surface area contributed by atoms with Crippen molar-refractivity contribution < 1.29 is 0 Å². The van der Waals surface area contributed by atoms with Crippen molar-refractivity contribution in [1.82, 2.24) is 20.1 Å². The number of aryl methyl sites for hydroxylation is 1. The third-order valence-electron chi connectivity index (χ3n) is 2.42. The second-order valence-corrected chi connectivity index (χ2v) is 3.63. The van der Waals surface area contributed by atoms with E-state index in [-0.39, 0.29) is 0 Å². The molecule has 80 valence electrons. The molecule has 2 rings (SSSR count). The van der Waals surface area contributed by atoms with Gasteiger partial charge in [0.25, 0.3) is 0 Å². The first-order chi connectivity index (χ1) is 7.31. The van der Waals surface area contributed by atoms with Crippen molar-refractivity contribution in [3.05, 3.63) is 30.2 Å². The van der Waals surface area contributed by atoms with Gasteiger partial charge in [-0.25, -0.2) is 0 Å². The molecule has 4 heteroatoms. The molecule has 0 amide bonds. The average molecular weight is 204 g/mol. The van der Waals surface area contributed by atoms with Crippen LogP contribution >= 0.6 is 0 Å². The largest absolute Gasteiger partial charge is 0.367 e. The van der Waals surface area contributed by atoms with Crippen LogP contribution in [0.3, 0.4) is 0 Å². The molecule has 0 aliphatic heterocycles. The van der Waals surface area contributed by atoms with Crippen LogP contribution in [0.25, 0.3) is 11.3 Å². The summed E-state index contributed by atoms with van der Waals surface area (Å²) < 4.78 is 1.87. The smallest absolute Gasteiger partial charge is 0.0970 e. The summed E-state index contributed by atoms with van der Waals surface area (Å²) in [7, 11) is 3.92. The summed E-state index contributed by atoms with van der Waals surface area (Å²) >= 11 is 0. The zero-order valence-corrected chi connectivity index (χ0v) is 9.12. The first-order valence-corrected chi connectivity index (χ1v) is 5.11. The van der Waals surface area contributed by atoms with E-state index in [1.807, 2.05) is 37.2 Å². The Balaban J connectivity index is 2.29. The number of nitrogens with one attached hydrogen (secondary N) is 2. The topological polar surface area (TPSA) is 45.6 Å². The maximum atomic E-state index is 4.47. The highest BCUT2D eigenvalue weighted by molar-refractivity contribution is 5.61. The van der Waals surface area contributed by atoms with Gasteiger partial charge in [0.2, 0.25) is 0 Å². The van der Waals surface area contributed by atoms with Gasteiger partial charge in [0, 0.05) is 31.2 Å². The van der Waals surface area contributed by atoms with E-state index < -0.39 is 0 Å². The lowest BCUT2D eigenvalue weighted by Gasteiger charge is -1.99. The lowest BCUT2D eigenvalue weighted by atomic mass is 10.1. The molecular weight excluding hydrogens is 188 g/mol. The maximum absolute atomic E-state index is 4.47. The molecular formula is C11H16N4. The molecule has 2 aromatic rings. The normalized spacial score (nSPS) is 10.8. The molecule has 0 unspecified atom stereocenters. The second-order valence-electron chi connectivity index (χ2n) is 3.63. The predicted molar refractivity (Wildman–Crippen MR) is 60.6 cm³/mol. The molecule has 0 atom stereocenters. The minimum atomic E-state index is 0.975. The molecule has 0 saturated carbocycles. The van der Waals surface area contributed by atoms with Gasteiger partial charge in [0.05, 0.1) is 5.69 Å². The number of hydrogen-bond acceptors (Lipinski definition) is 2. The standard InChI is InChI=1S/C11H16N4/c1-12-5-3-10-8-15(2)14-11(10)9-4-6-13-7-9/h4,6-8,12-13H,3,5H2,1-2H3. The van der Waals surface area contributed by atoms with Crippen LogP contribution in [0.2, 0.25) is 0 Å². The van der Waals surface area contributed by atoms with Gasteiger partial charge >= 0.3 is 0 Å². The fourth-order valence-electron chi connectivity index (χ4n) is 1.69. The molecule has 2 heterocycles. The number of rotatable bonds is 4. The summed E-state index contributed by atoms with van der Waals surface area (Å²) in [6.07, 6.45) is 6.99. The molecule has 0 radical (unpaired) electrons. The summed E-state index contributed by atoms with van der Waals surface area (Å²) in [5, 5.41) is 7.63. The highest BCUT2D eigenvalue weighted by atomic mass is 15.3. The van der Waals surface area contributed by atoms with Gasteiger partial charge in [0.15, 0.2) is 0 Å². The molecule has 2 aromatic heterocycles. The van der Waals surface area contributed by atoms with Crippen molar-refractivity contribution >= 4 is 0 Å². The zero-order valence-electron chi connectivity index (χ0n) is 9.12. The lowest BCUT2D eigenvalue weighted by Crippen LogP contribution is -2.10. The molecule has 0 aliphatic rings. The molecule has 0 fully saturated rings. The molecule has 15 heavy (non-hydrogen) atoms. The molecule has 4 nitrogen and oxygen atoms in total. The summed E-state index contributed by atoms with van der Waals surface area (Å²) in [5.74, 6) is 0. The summed E-state index contributed by atoms with van der Waals surface area (Å²) in [6.45, 7) is 0.975. The monoisotopic (exact) mass is 204 g/mol. The fraction of sp³-hybridized carbons (Fsp3) is 0.364. The van der Waals surface area contributed by atoms with E-state index in [0.29, 0.717) is 0 Å². The molecule has 0 aromatic carbocycles. The Hall–Kier alpha value is -1.55. The van der Waals surface area contributed by atoms with Crippen molar-refractivity contribution in [2.75, 3.05) is 13.6 Å². The van der Waals surface area contributed by atoms with Crippen molar-refractivity contribution in [3.63, 3.8) is 0 Å². The van der Waals surface area contributed by atoms with Crippen LogP contribution in [0.1, 0.15) is 5.56 Å². The Labute approximate surface area is 89.3 Å². The van der Waals surface area contributed by atoms with Crippen LogP contribution in [0.5, 0.6) is 0 Å². The Kier molecular flexibility index (Phi) is 2.87. The van der Waals surface area contributed by atoms with Gasteiger partial charge in [-0.2, -0.15) is 5.10 Å². The van der Waals surface area contributed by atoms with Gasteiger partial charge < -0.3 is 10.3 Å². The van der Waals surface area contributed by atoms with Crippen LogP contribution in [-0.2, 0) is 13.5 Å². The van der Waals surface area contributed by atoms with Gasteiger partial charge in [-0.1, -0.05) is 0 Å². The minimum Gasteiger partial charge on any atom is -0.367 e. The second kappa shape index (κ2) is 4.31. The molecule has 0 aliphatic carbocycles. The summed E-state index contributed by atoms with van der Waals surface area (Å²) in [4.78, 5) is 3.06. The highest BCUT2D eigenvalue weighted by Gasteiger charge is 2.09. The number of aromatic amines is 1. The number of likely N-dealkylation sites (N-methyl/N-ethyl adjacent to an activating group) is 1. The van der Waals surface area contributed by atoms with Gasteiger partial charge in [-0.05, 0) is 31.6 Å². The Bertz CT molecular complexity index is 414. The van der Waals surface area contributed by atoms with Crippen molar-refractivity contribution in [1.29, 1.82) is 0 Å². The van der Waals surface area contributed by atoms with Crippen molar-refractivity contribution in [3.8, 4) is 11.3 Å². The number of hydrogen-bond donors (Lipinski definition) is 2. The number of aromatic nitrogens is 3. The van der Waals surface area contributed by atoms with E-state index >= 15 is 0 Å². The first kappa shape index (κ1) is 9.98. The zero-order chi connectivity index (χ0) is 10.7. The van der Waals surface area contributed by atoms with Crippen molar-refractivity contribution in [2.24, 2.45) is 7.05 Å². The first-order valence-electron chi connectivity index (χ1n) is 5.11.